The summed E-state index contributed by atoms with van der Waals surface area (Å²) in [4.78, 5) is 13.9. The minimum Gasteiger partial charge on any atom is -0.444 e. The molecule has 1 atom stereocenters. The third-order valence-corrected chi connectivity index (χ3v) is 6.31. The van der Waals surface area contributed by atoms with E-state index < -0.39 is 21.7 Å². The van der Waals surface area contributed by atoms with E-state index in [9.17, 15) is 13.2 Å². The number of benzene rings is 1. The molecule has 8 heteroatoms. The van der Waals surface area contributed by atoms with Crippen LogP contribution < -0.4 is 0 Å². The van der Waals surface area contributed by atoms with Gasteiger partial charge in [0.2, 0.25) is 10.0 Å². The van der Waals surface area contributed by atoms with Crippen molar-refractivity contribution in [3.05, 3.63) is 35.4 Å². The third-order valence-electron chi connectivity index (χ3n) is 4.43. The average molecular weight is 394 g/mol. The fraction of sp³-hybridized carbons (Fsp3) is 0.579. The van der Waals surface area contributed by atoms with E-state index in [2.05, 4.69) is 0 Å². The molecule has 0 N–H and O–H groups in total. The zero-order valence-corrected chi connectivity index (χ0v) is 17.1. The van der Waals surface area contributed by atoms with Crippen LogP contribution >= 0.6 is 0 Å². The predicted molar refractivity (Wildman–Crippen MR) is 102 cm³/mol. The molecule has 0 aromatic heterocycles. The minimum absolute atomic E-state index is 0.141. The van der Waals surface area contributed by atoms with E-state index in [1.54, 1.807) is 57.0 Å². The number of carbonyl (C=O) groups excluding carboxylic acids is 1. The summed E-state index contributed by atoms with van der Waals surface area (Å²) < 4.78 is 32.3. The number of ether oxygens (including phenoxy) is 1. The normalized spacial score (nSPS) is 18.2. The van der Waals surface area contributed by atoms with E-state index in [1.807, 2.05) is 6.07 Å². The van der Waals surface area contributed by atoms with Gasteiger partial charge in [0.05, 0.1) is 17.4 Å². The molecular weight excluding hydrogens is 366 g/mol. The number of hydrogen-bond acceptors (Lipinski definition) is 5. The van der Waals surface area contributed by atoms with Gasteiger partial charge in [-0.25, -0.2) is 13.2 Å². The Balaban J connectivity index is 2.04. The monoisotopic (exact) mass is 393 g/mol. The van der Waals surface area contributed by atoms with Gasteiger partial charge in [-0.05, 0) is 51.3 Å². The Hall–Kier alpha value is -2.11. The molecule has 0 radical (unpaired) electrons. The van der Waals surface area contributed by atoms with Crippen LogP contribution in [0.1, 0.15) is 44.7 Å². The summed E-state index contributed by atoms with van der Waals surface area (Å²) in [5, 5.41) is 8.84. The molecule has 1 heterocycles. The lowest BCUT2D eigenvalue weighted by Gasteiger charge is -2.37. The van der Waals surface area contributed by atoms with E-state index in [0.29, 0.717) is 30.6 Å². The quantitative estimate of drug-likeness (QED) is 0.784. The Morgan fingerprint density at radius 3 is 2.52 bits per heavy atom. The van der Waals surface area contributed by atoms with Gasteiger partial charge in [0, 0.05) is 26.2 Å². The summed E-state index contributed by atoms with van der Waals surface area (Å²) >= 11 is 0. The van der Waals surface area contributed by atoms with Gasteiger partial charge in [0.25, 0.3) is 0 Å². The summed E-state index contributed by atoms with van der Waals surface area (Å²) in [5.74, 6) is -0.141. The second-order valence-electron chi connectivity index (χ2n) is 7.80. The first-order valence-electron chi connectivity index (χ1n) is 8.94. The maximum absolute atomic E-state index is 12.8. The molecule has 7 nitrogen and oxygen atoms in total. The van der Waals surface area contributed by atoms with Crippen molar-refractivity contribution >= 4 is 16.1 Å². The first-order chi connectivity index (χ1) is 12.5. The minimum atomic E-state index is -3.55. The highest BCUT2D eigenvalue weighted by molar-refractivity contribution is 7.88. The van der Waals surface area contributed by atoms with E-state index in [-0.39, 0.29) is 11.8 Å². The Labute approximate surface area is 161 Å². The number of rotatable bonds is 4. The molecule has 1 saturated heterocycles. The number of likely N-dealkylation sites (N-methyl/N-ethyl adjacent to an activating group) is 1. The van der Waals surface area contributed by atoms with Crippen LogP contribution in [-0.4, -0.2) is 55.5 Å². The zero-order valence-electron chi connectivity index (χ0n) is 16.3. The van der Waals surface area contributed by atoms with Crippen LogP contribution in [0.3, 0.4) is 0 Å². The number of nitrogens with zero attached hydrogens (tertiary/aromatic N) is 3. The molecule has 1 fully saturated rings. The second kappa shape index (κ2) is 8.28. The fourth-order valence-electron chi connectivity index (χ4n) is 2.96. The van der Waals surface area contributed by atoms with Gasteiger partial charge in [0.1, 0.15) is 5.60 Å². The van der Waals surface area contributed by atoms with Crippen molar-refractivity contribution in [3.63, 3.8) is 0 Å². The third kappa shape index (κ3) is 5.94. The molecule has 0 aliphatic carbocycles. The Morgan fingerprint density at radius 1 is 1.33 bits per heavy atom. The number of sulfonamides is 1. The molecule has 1 aromatic rings. The van der Waals surface area contributed by atoms with Crippen molar-refractivity contribution in [2.24, 2.45) is 0 Å². The van der Waals surface area contributed by atoms with Crippen LogP contribution in [0, 0.1) is 11.3 Å². The van der Waals surface area contributed by atoms with Crippen LogP contribution in [0.25, 0.3) is 0 Å². The van der Waals surface area contributed by atoms with E-state index >= 15 is 0 Å². The highest BCUT2D eigenvalue weighted by atomic mass is 32.2. The largest absolute Gasteiger partial charge is 0.444 e. The number of piperidine rings is 1. The van der Waals surface area contributed by atoms with Crippen LogP contribution in [0.15, 0.2) is 24.3 Å². The lowest BCUT2D eigenvalue weighted by atomic mass is 10.1. The molecule has 0 unspecified atom stereocenters. The van der Waals surface area contributed by atoms with Gasteiger partial charge in [-0.2, -0.15) is 9.57 Å². The molecule has 2 rings (SSSR count). The SMILES string of the molecule is CN([C@H]1CCCN(C(=O)OC(C)(C)C)C1)S(=O)(=O)Cc1ccc(C#N)cc1. The lowest BCUT2D eigenvalue weighted by Crippen LogP contribution is -2.51. The Morgan fingerprint density at radius 2 is 1.96 bits per heavy atom. The first kappa shape index (κ1) is 21.2. The molecular formula is C19H27N3O4S. The topological polar surface area (TPSA) is 90.7 Å². The highest BCUT2D eigenvalue weighted by Gasteiger charge is 2.33. The predicted octanol–water partition coefficient (Wildman–Crippen LogP) is 2.72. The number of amides is 1. The Bertz CT molecular complexity index is 807. The van der Waals surface area contributed by atoms with Gasteiger partial charge < -0.3 is 9.64 Å². The van der Waals surface area contributed by atoms with Gasteiger partial charge in [-0.15, -0.1) is 0 Å². The summed E-state index contributed by atoms with van der Waals surface area (Å²) in [7, 11) is -1.99. The molecule has 27 heavy (non-hydrogen) atoms. The van der Waals surface area contributed by atoms with Crippen LogP contribution in [0.2, 0.25) is 0 Å². The van der Waals surface area contributed by atoms with Gasteiger partial charge in [-0.3, -0.25) is 0 Å². The number of hydrogen-bond donors (Lipinski definition) is 0. The van der Waals surface area contributed by atoms with Gasteiger partial charge in [0.15, 0.2) is 0 Å². The maximum Gasteiger partial charge on any atom is 0.410 e. The van der Waals surface area contributed by atoms with E-state index in [0.717, 1.165) is 6.42 Å². The standard InChI is InChI=1S/C19H27N3O4S/c1-19(2,3)26-18(23)22-11-5-6-17(13-22)21(4)27(24,25)14-16-9-7-15(12-20)8-10-16/h7-10,17H,5-6,11,13-14H2,1-4H3/t17-/m0/s1. The second-order valence-corrected chi connectivity index (χ2v) is 9.83. The zero-order chi connectivity index (χ0) is 20.2. The summed E-state index contributed by atoms with van der Waals surface area (Å²) in [5.41, 5.74) is 0.530. The molecule has 148 valence electrons. The van der Waals surface area contributed by atoms with Crippen LogP contribution in [0.5, 0.6) is 0 Å². The maximum atomic E-state index is 12.8. The highest BCUT2D eigenvalue weighted by Crippen LogP contribution is 2.21. The molecule has 0 saturated carbocycles. The summed E-state index contributed by atoms with van der Waals surface area (Å²) in [6, 6.07) is 8.25. The van der Waals surface area contributed by atoms with Crippen molar-refractivity contribution in [3.8, 4) is 6.07 Å². The molecule has 1 aliphatic rings. The average Bonchev–Trinajstić information content (AvgIpc) is 2.60. The van der Waals surface area contributed by atoms with Crippen molar-refractivity contribution in [1.29, 1.82) is 5.26 Å². The van der Waals surface area contributed by atoms with E-state index in [4.69, 9.17) is 10.00 Å². The molecule has 0 bridgehead atoms. The lowest BCUT2D eigenvalue weighted by molar-refractivity contribution is 0.0163. The molecule has 1 aliphatic heterocycles. The smallest absolute Gasteiger partial charge is 0.410 e. The van der Waals surface area contributed by atoms with Crippen molar-refractivity contribution in [2.75, 3.05) is 20.1 Å². The van der Waals surface area contributed by atoms with Crippen molar-refractivity contribution in [2.45, 2.75) is 51.0 Å². The number of nitriles is 1. The number of carbonyl (C=O) groups is 1. The first-order valence-corrected chi connectivity index (χ1v) is 10.6. The van der Waals surface area contributed by atoms with Crippen LogP contribution in [-0.2, 0) is 20.5 Å². The summed E-state index contributed by atoms with van der Waals surface area (Å²) in [6.07, 6.45) is 1.01. The van der Waals surface area contributed by atoms with E-state index in [1.165, 1.54) is 4.31 Å². The van der Waals surface area contributed by atoms with Gasteiger partial charge in [-0.1, -0.05) is 12.1 Å². The van der Waals surface area contributed by atoms with Crippen molar-refractivity contribution < 1.29 is 17.9 Å². The fourth-order valence-corrected chi connectivity index (χ4v) is 4.40. The number of likely N-dealkylation sites (tertiary alicyclic amines) is 1. The van der Waals surface area contributed by atoms with Crippen LogP contribution in [0.4, 0.5) is 4.79 Å². The van der Waals surface area contributed by atoms with Crippen molar-refractivity contribution in [1.82, 2.24) is 9.21 Å². The summed E-state index contributed by atoms with van der Waals surface area (Å²) in [6.45, 7) is 6.30. The molecule has 0 spiro atoms. The van der Waals surface area contributed by atoms with Gasteiger partial charge >= 0.3 is 6.09 Å². The molecule has 1 aromatic carbocycles. The Kier molecular flexibility index (Phi) is 6.50. The molecule has 1 amide bonds.